The Morgan fingerprint density at radius 1 is 1.28 bits per heavy atom. The first kappa shape index (κ1) is 16.1. The van der Waals surface area contributed by atoms with Crippen molar-refractivity contribution in [3.63, 3.8) is 0 Å². The SMILES string of the molecule is CC(C)C(=O)N1CCC(Oc2ccccc2-c2nc(C3CC3)no2)C1. The van der Waals surface area contributed by atoms with Crippen molar-refractivity contribution in [3.8, 4) is 17.2 Å². The van der Waals surface area contributed by atoms with E-state index < -0.39 is 0 Å². The molecule has 1 aromatic carbocycles. The minimum absolute atomic E-state index is 0.00493. The number of carbonyl (C=O) groups is 1. The van der Waals surface area contributed by atoms with Crippen LogP contribution >= 0.6 is 0 Å². The topological polar surface area (TPSA) is 68.5 Å². The van der Waals surface area contributed by atoms with E-state index in [0.29, 0.717) is 18.4 Å². The monoisotopic (exact) mass is 341 g/mol. The molecule has 1 aliphatic carbocycles. The van der Waals surface area contributed by atoms with E-state index in [2.05, 4.69) is 10.1 Å². The third kappa shape index (κ3) is 3.38. The molecule has 2 fully saturated rings. The summed E-state index contributed by atoms with van der Waals surface area (Å²) in [6.07, 6.45) is 3.11. The Labute approximate surface area is 147 Å². The maximum Gasteiger partial charge on any atom is 0.261 e. The number of hydrogen-bond acceptors (Lipinski definition) is 5. The Bertz CT molecular complexity index is 767. The maximum absolute atomic E-state index is 12.1. The predicted octanol–water partition coefficient (Wildman–Crippen LogP) is 3.25. The van der Waals surface area contributed by atoms with Crippen molar-refractivity contribution in [3.05, 3.63) is 30.1 Å². The summed E-state index contributed by atoms with van der Waals surface area (Å²) >= 11 is 0. The van der Waals surface area contributed by atoms with Gasteiger partial charge in [0.15, 0.2) is 5.82 Å². The van der Waals surface area contributed by atoms with Gasteiger partial charge in [0.1, 0.15) is 11.9 Å². The van der Waals surface area contributed by atoms with Crippen molar-refractivity contribution >= 4 is 5.91 Å². The van der Waals surface area contributed by atoms with Gasteiger partial charge in [-0.15, -0.1) is 0 Å². The van der Waals surface area contributed by atoms with Gasteiger partial charge in [0.2, 0.25) is 5.91 Å². The van der Waals surface area contributed by atoms with Gasteiger partial charge in [-0.25, -0.2) is 0 Å². The number of para-hydroxylation sites is 1. The summed E-state index contributed by atoms with van der Waals surface area (Å²) in [6, 6.07) is 7.73. The van der Waals surface area contributed by atoms with Crippen molar-refractivity contribution in [2.45, 2.75) is 45.1 Å². The highest BCUT2D eigenvalue weighted by atomic mass is 16.5. The smallest absolute Gasteiger partial charge is 0.261 e. The largest absolute Gasteiger partial charge is 0.488 e. The molecule has 4 rings (SSSR count). The number of nitrogens with zero attached hydrogens (tertiary/aromatic N) is 3. The van der Waals surface area contributed by atoms with Gasteiger partial charge in [0.05, 0.1) is 12.1 Å². The van der Waals surface area contributed by atoms with Crippen LogP contribution in [-0.2, 0) is 4.79 Å². The number of aromatic nitrogens is 2. The molecule has 0 N–H and O–H groups in total. The summed E-state index contributed by atoms with van der Waals surface area (Å²) in [5.41, 5.74) is 0.815. The molecule has 2 aliphatic rings. The molecule has 2 aromatic rings. The van der Waals surface area contributed by atoms with Gasteiger partial charge in [-0.3, -0.25) is 4.79 Å². The molecule has 132 valence electrons. The van der Waals surface area contributed by atoms with Crippen LogP contribution < -0.4 is 4.74 Å². The second-order valence-electron chi connectivity index (χ2n) is 7.20. The molecule has 6 nitrogen and oxygen atoms in total. The van der Waals surface area contributed by atoms with Crippen LogP contribution in [0.3, 0.4) is 0 Å². The average molecular weight is 341 g/mol. The number of likely N-dealkylation sites (tertiary alicyclic amines) is 1. The Morgan fingerprint density at radius 2 is 2.08 bits per heavy atom. The van der Waals surface area contributed by atoms with Crippen LogP contribution in [-0.4, -0.2) is 40.1 Å². The van der Waals surface area contributed by atoms with Gasteiger partial charge in [0.25, 0.3) is 5.89 Å². The molecule has 0 radical (unpaired) electrons. The standard InChI is InChI=1S/C19H23N3O3/c1-12(2)19(23)22-10-9-14(11-22)24-16-6-4-3-5-15(16)18-20-17(21-25-18)13-7-8-13/h3-6,12-14H,7-11H2,1-2H3. The molecule has 1 amide bonds. The third-order valence-electron chi connectivity index (χ3n) is 4.75. The van der Waals surface area contributed by atoms with E-state index in [1.807, 2.05) is 43.0 Å². The molecule has 1 saturated carbocycles. The zero-order chi connectivity index (χ0) is 17.4. The van der Waals surface area contributed by atoms with E-state index in [4.69, 9.17) is 9.26 Å². The molecular formula is C19H23N3O3. The van der Waals surface area contributed by atoms with Crippen molar-refractivity contribution < 1.29 is 14.1 Å². The van der Waals surface area contributed by atoms with Crippen LogP contribution in [0, 0.1) is 5.92 Å². The van der Waals surface area contributed by atoms with Crippen molar-refractivity contribution in [1.82, 2.24) is 15.0 Å². The number of hydrogen-bond donors (Lipinski definition) is 0. The first-order chi connectivity index (χ1) is 12.1. The minimum Gasteiger partial charge on any atom is -0.488 e. The fourth-order valence-corrected chi connectivity index (χ4v) is 3.17. The van der Waals surface area contributed by atoms with Crippen LogP contribution in [0.25, 0.3) is 11.5 Å². The highest BCUT2D eigenvalue weighted by molar-refractivity contribution is 5.78. The van der Waals surface area contributed by atoms with Crippen molar-refractivity contribution in [2.24, 2.45) is 5.92 Å². The fraction of sp³-hybridized carbons (Fsp3) is 0.526. The van der Waals surface area contributed by atoms with E-state index >= 15 is 0 Å². The lowest BCUT2D eigenvalue weighted by atomic mass is 10.2. The number of carbonyl (C=O) groups excluding carboxylic acids is 1. The van der Waals surface area contributed by atoms with Crippen LogP contribution in [0.5, 0.6) is 5.75 Å². The van der Waals surface area contributed by atoms with E-state index in [1.165, 1.54) is 0 Å². The molecule has 1 saturated heterocycles. The summed E-state index contributed by atoms with van der Waals surface area (Å²) in [5.74, 6) is 2.69. The zero-order valence-electron chi connectivity index (χ0n) is 14.6. The summed E-state index contributed by atoms with van der Waals surface area (Å²) in [7, 11) is 0. The summed E-state index contributed by atoms with van der Waals surface area (Å²) in [5, 5.41) is 4.09. The molecule has 1 aliphatic heterocycles. The lowest BCUT2D eigenvalue weighted by Gasteiger charge is -2.19. The Morgan fingerprint density at radius 3 is 2.84 bits per heavy atom. The van der Waals surface area contributed by atoms with E-state index in [1.54, 1.807) is 0 Å². The summed E-state index contributed by atoms with van der Waals surface area (Å²) in [4.78, 5) is 18.5. The molecule has 0 bridgehead atoms. The number of ether oxygens (including phenoxy) is 1. The predicted molar refractivity (Wildman–Crippen MR) is 92.2 cm³/mol. The maximum atomic E-state index is 12.1. The van der Waals surface area contributed by atoms with Gasteiger partial charge in [-0.05, 0) is 25.0 Å². The molecule has 0 spiro atoms. The molecule has 25 heavy (non-hydrogen) atoms. The minimum atomic E-state index is -0.00493. The van der Waals surface area contributed by atoms with Crippen LogP contribution in [0.4, 0.5) is 0 Å². The molecule has 1 unspecified atom stereocenters. The first-order valence-electron chi connectivity index (χ1n) is 9.00. The molecule has 6 heteroatoms. The summed E-state index contributed by atoms with van der Waals surface area (Å²) in [6.45, 7) is 5.23. The number of amides is 1. The molecule has 1 aromatic heterocycles. The van der Waals surface area contributed by atoms with Crippen molar-refractivity contribution in [2.75, 3.05) is 13.1 Å². The Balaban J connectivity index is 1.49. The second-order valence-corrected chi connectivity index (χ2v) is 7.20. The lowest BCUT2D eigenvalue weighted by Crippen LogP contribution is -2.33. The fourth-order valence-electron chi connectivity index (χ4n) is 3.17. The highest BCUT2D eigenvalue weighted by Crippen LogP contribution is 2.39. The normalized spacial score (nSPS) is 20.3. The van der Waals surface area contributed by atoms with Crippen LogP contribution in [0.15, 0.2) is 28.8 Å². The second kappa shape index (κ2) is 6.50. The number of rotatable bonds is 5. The lowest BCUT2D eigenvalue weighted by molar-refractivity contribution is -0.133. The van der Waals surface area contributed by atoms with Crippen LogP contribution in [0.1, 0.15) is 44.9 Å². The summed E-state index contributed by atoms with van der Waals surface area (Å²) < 4.78 is 11.6. The van der Waals surface area contributed by atoms with E-state index in [9.17, 15) is 4.79 Å². The van der Waals surface area contributed by atoms with Crippen LogP contribution in [0.2, 0.25) is 0 Å². The quantitative estimate of drug-likeness (QED) is 0.835. The number of benzene rings is 1. The Hall–Kier alpha value is -2.37. The van der Waals surface area contributed by atoms with Crippen molar-refractivity contribution in [1.29, 1.82) is 0 Å². The third-order valence-corrected chi connectivity index (χ3v) is 4.75. The van der Waals surface area contributed by atoms with Gasteiger partial charge in [-0.1, -0.05) is 31.1 Å². The first-order valence-corrected chi connectivity index (χ1v) is 9.00. The average Bonchev–Trinajstić information content (AvgIpc) is 3.16. The zero-order valence-corrected chi connectivity index (χ0v) is 14.6. The van der Waals surface area contributed by atoms with E-state index in [-0.39, 0.29) is 17.9 Å². The molecule has 1 atom stereocenters. The van der Waals surface area contributed by atoms with Gasteiger partial charge in [0, 0.05) is 24.8 Å². The van der Waals surface area contributed by atoms with Gasteiger partial charge in [-0.2, -0.15) is 4.98 Å². The molecule has 2 heterocycles. The Kier molecular flexibility index (Phi) is 4.19. The highest BCUT2D eigenvalue weighted by Gasteiger charge is 2.31. The van der Waals surface area contributed by atoms with E-state index in [0.717, 1.165) is 42.9 Å². The van der Waals surface area contributed by atoms with Gasteiger partial charge < -0.3 is 14.2 Å². The van der Waals surface area contributed by atoms with Gasteiger partial charge >= 0.3 is 0 Å². The molecular weight excluding hydrogens is 318 g/mol.